The molecule has 146 valence electrons. The molecule has 2 N–H and O–H groups in total. The molecule has 1 atom stereocenters. The Kier molecular flexibility index (Phi) is 4.49. The van der Waals surface area contributed by atoms with Crippen LogP contribution in [0.4, 0.5) is 13.2 Å². The van der Waals surface area contributed by atoms with E-state index >= 15 is 0 Å². The average Bonchev–Trinajstić information content (AvgIpc) is 2.97. The van der Waals surface area contributed by atoms with Crippen molar-refractivity contribution in [1.29, 1.82) is 0 Å². The molecule has 8 heteroatoms. The first-order valence-electron chi connectivity index (χ1n) is 8.94. The highest BCUT2D eigenvalue weighted by Crippen LogP contribution is 2.29. The van der Waals surface area contributed by atoms with E-state index in [0.29, 0.717) is 18.7 Å². The van der Waals surface area contributed by atoms with Crippen LogP contribution in [0.3, 0.4) is 0 Å². The van der Waals surface area contributed by atoms with Gasteiger partial charge in [0, 0.05) is 13.1 Å². The van der Waals surface area contributed by atoms with Crippen LogP contribution < -0.4 is 11.0 Å². The van der Waals surface area contributed by atoms with Gasteiger partial charge in [-0.25, -0.2) is 4.79 Å². The smallest absolute Gasteiger partial charge is 0.355 e. The quantitative estimate of drug-likeness (QED) is 0.721. The lowest BCUT2D eigenvalue weighted by Crippen LogP contribution is -2.36. The van der Waals surface area contributed by atoms with Gasteiger partial charge in [0.05, 0.1) is 23.0 Å². The second kappa shape index (κ2) is 6.85. The largest absolute Gasteiger partial charge is 0.416 e. The zero-order valence-corrected chi connectivity index (χ0v) is 14.8. The highest BCUT2D eigenvalue weighted by molar-refractivity contribution is 5.80. The van der Waals surface area contributed by atoms with Gasteiger partial charge in [-0.1, -0.05) is 24.3 Å². The monoisotopic (exact) mass is 389 g/mol. The predicted molar refractivity (Wildman–Crippen MR) is 97.9 cm³/mol. The van der Waals surface area contributed by atoms with Gasteiger partial charge in [-0.2, -0.15) is 13.2 Å². The number of alkyl halides is 3. The van der Waals surface area contributed by atoms with Gasteiger partial charge in [0.25, 0.3) is 0 Å². The molecule has 0 radical (unpaired) electrons. The van der Waals surface area contributed by atoms with Gasteiger partial charge < -0.3 is 10.3 Å². The summed E-state index contributed by atoms with van der Waals surface area (Å²) >= 11 is 0. The van der Waals surface area contributed by atoms with Crippen molar-refractivity contribution in [3.63, 3.8) is 0 Å². The average molecular weight is 389 g/mol. The van der Waals surface area contributed by atoms with Crippen LogP contribution in [0.15, 0.2) is 47.3 Å². The number of para-hydroxylation sites is 1. The summed E-state index contributed by atoms with van der Waals surface area (Å²) in [5.41, 5.74) is 2.41. The number of halogens is 3. The number of nitrogens with zero attached hydrogens (tertiary/aromatic N) is 1. The molecule has 5 nitrogen and oxygen atoms in total. The number of H-pyrrole nitrogens is 1. The fourth-order valence-electron chi connectivity index (χ4n) is 3.72. The minimum atomic E-state index is -4.39. The van der Waals surface area contributed by atoms with Crippen LogP contribution in [-0.2, 0) is 30.4 Å². The minimum absolute atomic E-state index is 0.00971. The third-order valence-corrected chi connectivity index (χ3v) is 5.06. The van der Waals surface area contributed by atoms with Crippen LogP contribution in [0, 0.1) is 5.92 Å². The minimum Gasteiger partial charge on any atom is -0.355 e. The molecule has 1 amide bonds. The lowest BCUT2D eigenvalue weighted by molar-refractivity contribution is -0.137. The van der Waals surface area contributed by atoms with Crippen LogP contribution >= 0.6 is 0 Å². The number of amides is 1. The van der Waals surface area contributed by atoms with E-state index in [2.05, 4.69) is 10.3 Å². The van der Waals surface area contributed by atoms with Gasteiger partial charge in [0.1, 0.15) is 0 Å². The van der Waals surface area contributed by atoms with Gasteiger partial charge in [-0.15, -0.1) is 0 Å². The van der Waals surface area contributed by atoms with E-state index in [1.165, 1.54) is 12.1 Å². The topological polar surface area (TPSA) is 66.9 Å². The molecule has 0 saturated heterocycles. The number of benzene rings is 2. The fraction of sp³-hybridized carbons (Fsp3) is 0.300. The standard InChI is InChI=1S/C20H18F3N3O2/c21-20(22,23)15-6-4-12(5-7-15)9-17(27)24-10-13-8-14-2-1-3-16-18(14)26(11-13)19(28)25-16/h1-7,13H,8-11H2,(H,24,27)(H,25,28). The molecule has 2 heterocycles. The van der Waals surface area contributed by atoms with Gasteiger partial charge in [-0.05, 0) is 41.7 Å². The van der Waals surface area contributed by atoms with E-state index < -0.39 is 11.7 Å². The van der Waals surface area contributed by atoms with E-state index in [4.69, 9.17) is 0 Å². The number of aromatic nitrogens is 2. The van der Waals surface area contributed by atoms with E-state index in [9.17, 15) is 22.8 Å². The molecule has 0 spiro atoms. The van der Waals surface area contributed by atoms with Gasteiger partial charge >= 0.3 is 11.9 Å². The molecule has 1 aromatic heterocycles. The van der Waals surface area contributed by atoms with Crippen LogP contribution in [0.1, 0.15) is 16.7 Å². The second-order valence-electron chi connectivity index (χ2n) is 7.10. The Balaban J connectivity index is 1.37. The van der Waals surface area contributed by atoms with Crippen molar-refractivity contribution >= 4 is 16.9 Å². The molecule has 0 fully saturated rings. The van der Waals surface area contributed by atoms with Crippen LogP contribution in [0.25, 0.3) is 11.0 Å². The Labute approximate surface area is 158 Å². The molecular weight excluding hydrogens is 371 g/mol. The molecule has 0 saturated carbocycles. The first kappa shape index (κ1) is 18.3. The highest BCUT2D eigenvalue weighted by Gasteiger charge is 2.30. The molecule has 1 aliphatic heterocycles. The Morgan fingerprint density at radius 1 is 1.18 bits per heavy atom. The fourth-order valence-corrected chi connectivity index (χ4v) is 3.72. The summed E-state index contributed by atoms with van der Waals surface area (Å²) < 4.78 is 39.5. The van der Waals surface area contributed by atoms with Crippen molar-refractivity contribution < 1.29 is 18.0 Å². The molecule has 28 heavy (non-hydrogen) atoms. The Bertz CT molecular complexity index is 1080. The molecule has 1 unspecified atom stereocenters. The van der Waals surface area contributed by atoms with Crippen LogP contribution in [-0.4, -0.2) is 22.0 Å². The van der Waals surface area contributed by atoms with E-state index in [0.717, 1.165) is 35.2 Å². The zero-order chi connectivity index (χ0) is 19.9. The molecular formula is C20H18F3N3O2. The number of carbonyl (C=O) groups is 1. The van der Waals surface area contributed by atoms with E-state index in [-0.39, 0.29) is 23.9 Å². The Hall–Kier alpha value is -3.03. The SMILES string of the molecule is O=C(Cc1ccc(C(F)(F)F)cc1)NCC1Cc2cccc3[nH]c(=O)n(c23)C1. The predicted octanol–water partition coefficient (Wildman–Crippen LogP) is 2.88. The Morgan fingerprint density at radius 3 is 2.64 bits per heavy atom. The van der Waals surface area contributed by atoms with Crippen LogP contribution in [0.2, 0.25) is 0 Å². The summed E-state index contributed by atoms with van der Waals surface area (Å²) in [6.07, 6.45) is -3.63. The number of imidazole rings is 1. The maximum Gasteiger partial charge on any atom is 0.416 e. The highest BCUT2D eigenvalue weighted by atomic mass is 19.4. The first-order chi connectivity index (χ1) is 13.3. The van der Waals surface area contributed by atoms with E-state index in [1.54, 1.807) is 4.57 Å². The number of aromatic amines is 1. The number of carbonyl (C=O) groups excluding carboxylic acids is 1. The third-order valence-electron chi connectivity index (χ3n) is 5.06. The molecule has 3 aromatic rings. The van der Waals surface area contributed by atoms with E-state index in [1.807, 2.05) is 18.2 Å². The van der Waals surface area contributed by atoms with Crippen molar-refractivity contribution in [3.8, 4) is 0 Å². The maximum atomic E-state index is 12.6. The van der Waals surface area contributed by atoms with Crippen molar-refractivity contribution in [2.24, 2.45) is 5.92 Å². The van der Waals surface area contributed by atoms with Gasteiger partial charge in [0.2, 0.25) is 5.91 Å². The molecule has 0 bridgehead atoms. The Morgan fingerprint density at radius 2 is 1.93 bits per heavy atom. The number of rotatable bonds is 4. The lowest BCUT2D eigenvalue weighted by Gasteiger charge is -2.24. The summed E-state index contributed by atoms with van der Waals surface area (Å²) in [7, 11) is 0. The van der Waals surface area contributed by atoms with Crippen molar-refractivity contribution in [2.75, 3.05) is 6.54 Å². The van der Waals surface area contributed by atoms with Crippen molar-refractivity contribution in [2.45, 2.75) is 25.6 Å². The zero-order valence-electron chi connectivity index (χ0n) is 14.8. The summed E-state index contributed by atoms with van der Waals surface area (Å²) in [4.78, 5) is 27.1. The second-order valence-corrected chi connectivity index (χ2v) is 7.10. The number of hydrogen-bond acceptors (Lipinski definition) is 2. The summed E-state index contributed by atoms with van der Waals surface area (Å²) in [6.45, 7) is 0.906. The number of hydrogen-bond donors (Lipinski definition) is 2. The summed E-state index contributed by atoms with van der Waals surface area (Å²) in [5.74, 6) is -0.187. The number of nitrogens with one attached hydrogen (secondary N) is 2. The molecule has 1 aliphatic rings. The first-order valence-corrected chi connectivity index (χ1v) is 8.94. The maximum absolute atomic E-state index is 12.6. The summed E-state index contributed by atoms with van der Waals surface area (Å²) in [5, 5.41) is 2.83. The lowest BCUT2D eigenvalue weighted by atomic mass is 9.94. The molecule has 2 aromatic carbocycles. The van der Waals surface area contributed by atoms with Crippen LogP contribution in [0.5, 0.6) is 0 Å². The van der Waals surface area contributed by atoms with Gasteiger partial charge in [-0.3, -0.25) is 9.36 Å². The molecule has 0 aliphatic carbocycles. The van der Waals surface area contributed by atoms with Crippen molar-refractivity contribution in [3.05, 3.63) is 69.6 Å². The van der Waals surface area contributed by atoms with Gasteiger partial charge in [0.15, 0.2) is 0 Å². The normalized spacial score (nSPS) is 16.3. The summed E-state index contributed by atoms with van der Waals surface area (Å²) in [6, 6.07) is 10.3. The molecule has 4 rings (SSSR count). The third kappa shape index (κ3) is 3.54. The van der Waals surface area contributed by atoms with Crippen molar-refractivity contribution in [1.82, 2.24) is 14.9 Å².